The second-order valence-electron chi connectivity index (χ2n) is 10.3. The van der Waals surface area contributed by atoms with Gasteiger partial charge in [0.2, 0.25) is 0 Å². The number of allylic oxidation sites excluding steroid dienone is 4. The molecule has 0 aromatic carbocycles. The lowest BCUT2D eigenvalue weighted by molar-refractivity contribution is 0.131. The van der Waals surface area contributed by atoms with Crippen molar-refractivity contribution in [2.24, 2.45) is 32.1 Å². The molecule has 6 aliphatic rings. The van der Waals surface area contributed by atoms with E-state index in [1.54, 1.807) is 0 Å². The van der Waals surface area contributed by atoms with E-state index in [1.807, 2.05) is 0 Å². The zero-order chi connectivity index (χ0) is 18.7. The quantitative estimate of drug-likeness (QED) is 0.617. The molecule has 148 valence electrons. The van der Waals surface area contributed by atoms with E-state index >= 15 is 0 Å². The Morgan fingerprint density at radius 1 is 0.464 bits per heavy atom. The van der Waals surface area contributed by atoms with Gasteiger partial charge in [-0.05, 0) is 25.7 Å². The van der Waals surface area contributed by atoms with E-state index in [4.69, 9.17) is 10.4 Å². The molecule has 2 heterocycles. The average molecular weight is 377 g/mol. The molecule has 2 saturated carbocycles. The summed E-state index contributed by atoms with van der Waals surface area (Å²) in [6.07, 6.45) is 29.5. The zero-order valence-corrected chi connectivity index (χ0v) is 16.9. The van der Waals surface area contributed by atoms with Crippen molar-refractivity contribution in [2.45, 2.75) is 51.4 Å². The Labute approximate surface area is 168 Å². The monoisotopic (exact) mass is 376 g/mol. The van der Waals surface area contributed by atoms with Crippen LogP contribution in [0.1, 0.15) is 51.4 Å². The molecule has 0 N–H and O–H groups in total. The van der Waals surface area contributed by atoms with Crippen LogP contribution in [0.15, 0.2) is 59.1 Å². The van der Waals surface area contributed by atoms with Gasteiger partial charge in [-0.2, -0.15) is 0 Å². The Bertz CT molecular complexity index is 683. The molecule has 2 aliphatic heterocycles. The highest BCUT2D eigenvalue weighted by Crippen LogP contribution is 2.60. The number of nitrogens with zero attached hydrogens (tertiary/aromatic N) is 4. The van der Waals surface area contributed by atoms with Gasteiger partial charge < -0.3 is 0 Å². The van der Waals surface area contributed by atoms with Crippen molar-refractivity contribution in [3.8, 4) is 0 Å². The maximum atomic E-state index is 4.82. The van der Waals surface area contributed by atoms with Crippen LogP contribution in [0.2, 0.25) is 0 Å². The van der Waals surface area contributed by atoms with Gasteiger partial charge >= 0.3 is 0 Å². The molecule has 4 heteroatoms. The summed E-state index contributed by atoms with van der Waals surface area (Å²) < 4.78 is 0. The van der Waals surface area contributed by atoms with Gasteiger partial charge in [0, 0.05) is 47.8 Å². The van der Waals surface area contributed by atoms with Crippen LogP contribution in [0.5, 0.6) is 0 Å². The van der Waals surface area contributed by atoms with Gasteiger partial charge in [0.1, 0.15) is 0 Å². The van der Waals surface area contributed by atoms with E-state index in [9.17, 15) is 0 Å². The predicted octanol–water partition coefficient (Wildman–Crippen LogP) is 5.25. The maximum absolute atomic E-state index is 4.82. The summed E-state index contributed by atoms with van der Waals surface area (Å²) in [4.78, 5) is 0. The SMILES string of the molecule is C1=C[C@@]23CCCC[C@@]2(C=C1)CN(/N=N/N1C[C@]24C=CC=C[C@@]2(CCCC4)C1)C3. The molecular formula is C24H32N4. The summed E-state index contributed by atoms with van der Waals surface area (Å²) in [5.41, 5.74) is 1.15. The van der Waals surface area contributed by atoms with Gasteiger partial charge in [-0.25, -0.2) is 0 Å². The van der Waals surface area contributed by atoms with E-state index in [1.165, 1.54) is 51.4 Å². The molecule has 4 aliphatic carbocycles. The molecule has 6 rings (SSSR count). The smallest absolute Gasteiger partial charge is 0.0478 e. The molecule has 0 radical (unpaired) electrons. The molecule has 28 heavy (non-hydrogen) atoms. The van der Waals surface area contributed by atoms with Crippen molar-refractivity contribution in [3.05, 3.63) is 48.6 Å². The normalized spacial score (nSPS) is 46.0. The van der Waals surface area contributed by atoms with Gasteiger partial charge in [-0.3, -0.25) is 10.0 Å². The Hall–Kier alpha value is -1.84. The molecule has 0 bridgehead atoms. The van der Waals surface area contributed by atoms with Crippen molar-refractivity contribution in [1.82, 2.24) is 10.0 Å². The van der Waals surface area contributed by atoms with Crippen molar-refractivity contribution in [3.63, 3.8) is 0 Å². The second-order valence-corrected chi connectivity index (χ2v) is 10.3. The molecule has 0 unspecified atom stereocenters. The predicted molar refractivity (Wildman–Crippen MR) is 111 cm³/mol. The van der Waals surface area contributed by atoms with Crippen LogP contribution < -0.4 is 0 Å². The summed E-state index contributed by atoms with van der Waals surface area (Å²) in [5.74, 6) is 0. The summed E-state index contributed by atoms with van der Waals surface area (Å²) >= 11 is 0. The summed E-state index contributed by atoms with van der Waals surface area (Å²) in [6.45, 7) is 4.12. The van der Waals surface area contributed by atoms with Gasteiger partial charge in [-0.1, -0.05) is 84.7 Å². The Morgan fingerprint density at radius 3 is 1.04 bits per heavy atom. The number of hydrogen-bond acceptors (Lipinski definition) is 2. The molecule has 4 fully saturated rings. The van der Waals surface area contributed by atoms with Crippen molar-refractivity contribution in [2.75, 3.05) is 26.2 Å². The van der Waals surface area contributed by atoms with E-state index in [-0.39, 0.29) is 21.7 Å². The topological polar surface area (TPSA) is 31.2 Å². The molecule has 0 aromatic heterocycles. The molecule has 2 saturated heterocycles. The Balaban J connectivity index is 1.23. The first kappa shape index (κ1) is 17.1. The van der Waals surface area contributed by atoms with Crippen molar-refractivity contribution in [1.29, 1.82) is 0 Å². The lowest BCUT2D eigenvalue weighted by Crippen LogP contribution is -2.42. The molecule has 4 nitrogen and oxygen atoms in total. The van der Waals surface area contributed by atoms with Gasteiger partial charge in [0.25, 0.3) is 0 Å². The first-order valence-electron chi connectivity index (χ1n) is 11.3. The van der Waals surface area contributed by atoms with E-state index in [0.717, 1.165) is 26.2 Å². The van der Waals surface area contributed by atoms with Crippen LogP contribution in [0, 0.1) is 21.7 Å². The largest absolute Gasteiger partial charge is 0.275 e. The maximum Gasteiger partial charge on any atom is 0.0478 e. The first-order valence-corrected chi connectivity index (χ1v) is 11.3. The Kier molecular flexibility index (Phi) is 3.56. The van der Waals surface area contributed by atoms with Gasteiger partial charge in [0.05, 0.1) is 0 Å². The molecule has 0 amide bonds. The van der Waals surface area contributed by atoms with Gasteiger partial charge in [0.15, 0.2) is 0 Å². The van der Waals surface area contributed by atoms with Crippen LogP contribution >= 0.6 is 0 Å². The standard InChI is InChI=1S/C24H32N4/c1-2-10-22-12-4-3-11-21(22,9-1)17-27(18-22)25-26-28-19-23-13-5-6-14-24(23,20-28)16-8-7-15-23/h1-2,5-6,9-10,13-14H,3-4,7-8,11-12,15-20H2/b26-25+/t21-,22-,23+,24+. The van der Waals surface area contributed by atoms with E-state index < -0.39 is 0 Å². The third kappa shape index (κ3) is 2.18. The highest BCUT2D eigenvalue weighted by molar-refractivity contribution is 5.31. The fourth-order valence-electron chi connectivity index (χ4n) is 7.52. The fraction of sp³-hybridized carbons (Fsp3) is 0.667. The molecule has 0 aromatic rings. The average Bonchev–Trinajstić information content (AvgIpc) is 3.25. The zero-order valence-electron chi connectivity index (χ0n) is 16.9. The minimum absolute atomic E-state index is 0.287. The lowest BCUT2D eigenvalue weighted by atomic mass is 9.56. The lowest BCUT2D eigenvalue weighted by Gasteiger charge is -2.46. The third-order valence-corrected chi connectivity index (χ3v) is 9.01. The van der Waals surface area contributed by atoms with Crippen LogP contribution in [0.25, 0.3) is 0 Å². The van der Waals surface area contributed by atoms with E-state index in [2.05, 4.69) is 58.6 Å². The molecular weight excluding hydrogens is 344 g/mol. The van der Waals surface area contributed by atoms with Crippen molar-refractivity contribution >= 4 is 0 Å². The molecule has 4 atom stereocenters. The summed E-state index contributed by atoms with van der Waals surface area (Å²) in [6, 6.07) is 0. The van der Waals surface area contributed by atoms with Crippen LogP contribution in [0.3, 0.4) is 0 Å². The minimum Gasteiger partial charge on any atom is -0.275 e. The Morgan fingerprint density at radius 2 is 0.750 bits per heavy atom. The van der Waals surface area contributed by atoms with Crippen molar-refractivity contribution < 1.29 is 0 Å². The van der Waals surface area contributed by atoms with Crippen LogP contribution in [-0.2, 0) is 0 Å². The highest BCUT2D eigenvalue weighted by atomic mass is 15.7. The fourth-order valence-corrected chi connectivity index (χ4v) is 7.52. The summed E-state index contributed by atoms with van der Waals surface area (Å²) in [7, 11) is 0. The second kappa shape index (κ2) is 5.84. The number of hydrogen-bond donors (Lipinski definition) is 0. The van der Waals surface area contributed by atoms with E-state index in [0.29, 0.717) is 0 Å². The van der Waals surface area contributed by atoms with Gasteiger partial charge in [-0.15, -0.1) is 0 Å². The molecule has 0 spiro atoms. The minimum atomic E-state index is 0.287. The third-order valence-electron chi connectivity index (χ3n) is 9.01. The first-order chi connectivity index (χ1) is 13.7. The number of rotatable bonds is 2. The summed E-state index contributed by atoms with van der Waals surface area (Å²) in [5, 5.41) is 14.2. The van der Waals surface area contributed by atoms with Crippen LogP contribution in [-0.4, -0.2) is 36.2 Å². The highest BCUT2D eigenvalue weighted by Gasteiger charge is 2.58. The van der Waals surface area contributed by atoms with Crippen LogP contribution in [0.4, 0.5) is 0 Å².